The Balaban J connectivity index is 1.88. The van der Waals surface area contributed by atoms with Crippen LogP contribution < -0.4 is 0 Å². The van der Waals surface area contributed by atoms with E-state index in [1.54, 1.807) is 14.7 Å². The molecule has 0 aromatic rings. The molecule has 2 atom stereocenters. The molecular weight excluding hydrogens is 325 g/mol. The number of hydrogen-bond acceptors (Lipinski definition) is 5. The van der Waals surface area contributed by atoms with Gasteiger partial charge in [0.15, 0.2) is 0 Å². The minimum atomic E-state index is -0.738. The largest absolute Gasteiger partial charge is 0.339 e. The van der Waals surface area contributed by atoms with Gasteiger partial charge in [0, 0.05) is 47.0 Å². The highest BCUT2D eigenvalue weighted by atomic mass is 16.6. The summed E-state index contributed by atoms with van der Waals surface area (Å²) >= 11 is 0. The zero-order valence-corrected chi connectivity index (χ0v) is 14.9. The summed E-state index contributed by atoms with van der Waals surface area (Å²) in [5, 5.41) is 0. The van der Waals surface area contributed by atoms with Crippen molar-refractivity contribution in [3.05, 3.63) is 12.2 Å². The highest BCUT2D eigenvalue weighted by molar-refractivity contribution is 5.99. The number of carbonyl (C=O) groups is 3. The number of dihydropyridines is 1. The summed E-state index contributed by atoms with van der Waals surface area (Å²) in [6.07, 6.45) is 3.68. The molecule has 3 rings (SSSR count). The fourth-order valence-corrected chi connectivity index (χ4v) is 3.27. The molecule has 3 heterocycles. The van der Waals surface area contributed by atoms with E-state index < -0.39 is 5.72 Å². The van der Waals surface area contributed by atoms with Gasteiger partial charge in [-0.15, -0.1) is 0 Å². The maximum atomic E-state index is 12.0. The van der Waals surface area contributed by atoms with Gasteiger partial charge in [-0.3, -0.25) is 14.4 Å². The molecule has 0 aliphatic carbocycles. The summed E-state index contributed by atoms with van der Waals surface area (Å²) < 4.78 is 5.74. The average molecular weight is 349 g/mol. The van der Waals surface area contributed by atoms with E-state index in [0.717, 1.165) is 5.71 Å². The summed E-state index contributed by atoms with van der Waals surface area (Å²) in [7, 11) is 0. The summed E-state index contributed by atoms with van der Waals surface area (Å²) in [4.78, 5) is 45.6. The van der Waals surface area contributed by atoms with E-state index >= 15 is 0 Å². The third-order valence-electron chi connectivity index (χ3n) is 4.90. The van der Waals surface area contributed by atoms with Crippen molar-refractivity contribution in [1.29, 1.82) is 0 Å². The Bertz CT molecular complexity index is 659. The molecule has 2 bridgehead atoms. The lowest BCUT2D eigenvalue weighted by Crippen LogP contribution is -2.48. The predicted molar refractivity (Wildman–Crippen MR) is 90.9 cm³/mol. The normalized spacial score (nSPS) is 29.2. The molecule has 1 spiro atoms. The van der Waals surface area contributed by atoms with Crippen LogP contribution in [0.1, 0.15) is 20.8 Å². The Morgan fingerprint density at radius 3 is 2.16 bits per heavy atom. The van der Waals surface area contributed by atoms with Crippen molar-refractivity contribution in [3.63, 3.8) is 0 Å². The first-order chi connectivity index (χ1) is 11.8. The molecule has 0 N–H and O–H groups in total. The standard InChI is InChI=1S/C17H24N4O4/c1-12(22)19-6-8-20(13(2)23)10-15-4-5-16-17(18-15,25-16)11-21(9-7-19)14(3)24/h4-5,16H,6-11H2,1-3H3/i20+1. The van der Waals surface area contributed by atoms with Crippen molar-refractivity contribution in [2.75, 3.05) is 39.3 Å². The third-order valence-corrected chi connectivity index (χ3v) is 4.90. The van der Waals surface area contributed by atoms with E-state index in [1.165, 1.54) is 20.8 Å². The van der Waals surface area contributed by atoms with Gasteiger partial charge < -0.3 is 19.4 Å². The van der Waals surface area contributed by atoms with E-state index in [2.05, 4.69) is 4.99 Å². The van der Waals surface area contributed by atoms with Gasteiger partial charge in [0.25, 0.3) is 0 Å². The zero-order chi connectivity index (χ0) is 18.2. The SMILES string of the molecule is CC(=O)N1CCN(C(C)=O)CC23N=C(C=CC2O3)C[15N](C(C)=O)CC1. The van der Waals surface area contributed by atoms with Gasteiger partial charge in [-0.1, -0.05) is 0 Å². The Morgan fingerprint density at radius 2 is 1.56 bits per heavy atom. The molecule has 1 saturated heterocycles. The molecule has 8 nitrogen and oxygen atoms in total. The second-order valence-corrected chi connectivity index (χ2v) is 6.73. The lowest BCUT2D eigenvalue weighted by Gasteiger charge is -2.31. The number of rotatable bonds is 0. The van der Waals surface area contributed by atoms with Gasteiger partial charge in [0.2, 0.25) is 23.4 Å². The first-order valence-corrected chi connectivity index (χ1v) is 8.52. The van der Waals surface area contributed by atoms with E-state index in [0.29, 0.717) is 39.3 Å². The van der Waals surface area contributed by atoms with Gasteiger partial charge in [0.05, 0.1) is 18.8 Å². The summed E-state index contributed by atoms with van der Waals surface area (Å²) in [6.45, 7) is 6.96. The van der Waals surface area contributed by atoms with Gasteiger partial charge in [-0.05, 0) is 12.2 Å². The predicted octanol–water partition coefficient (Wildman–Crippen LogP) is -0.349. The third kappa shape index (κ3) is 3.73. The smallest absolute Gasteiger partial charge is 0.219 e. The van der Waals surface area contributed by atoms with Crippen LogP contribution in [0.15, 0.2) is 17.1 Å². The lowest BCUT2D eigenvalue weighted by molar-refractivity contribution is -0.134. The maximum Gasteiger partial charge on any atom is 0.219 e. The molecule has 0 aromatic carbocycles. The van der Waals surface area contributed by atoms with Crippen LogP contribution in [0, 0.1) is 0 Å². The van der Waals surface area contributed by atoms with Crippen LogP contribution in [-0.2, 0) is 19.1 Å². The van der Waals surface area contributed by atoms with Crippen LogP contribution in [0.3, 0.4) is 0 Å². The van der Waals surface area contributed by atoms with Crippen molar-refractivity contribution in [3.8, 4) is 0 Å². The number of epoxide rings is 1. The molecule has 136 valence electrons. The molecule has 8 heteroatoms. The fourth-order valence-electron chi connectivity index (χ4n) is 3.27. The molecule has 1 fully saturated rings. The highest BCUT2D eigenvalue weighted by Gasteiger charge is 2.58. The number of ether oxygens (including phenoxy) is 1. The van der Waals surface area contributed by atoms with Crippen LogP contribution in [0.4, 0.5) is 0 Å². The van der Waals surface area contributed by atoms with E-state index in [1.807, 2.05) is 12.2 Å². The Labute approximate surface area is 147 Å². The van der Waals surface area contributed by atoms with Crippen molar-refractivity contribution in [1.82, 2.24) is 14.7 Å². The van der Waals surface area contributed by atoms with E-state index in [-0.39, 0.29) is 23.8 Å². The Morgan fingerprint density at radius 1 is 1.00 bits per heavy atom. The van der Waals surface area contributed by atoms with Crippen molar-refractivity contribution in [2.45, 2.75) is 32.6 Å². The minimum Gasteiger partial charge on any atom is -0.339 e. The van der Waals surface area contributed by atoms with Crippen LogP contribution in [-0.4, -0.2) is 89.2 Å². The first-order valence-electron chi connectivity index (χ1n) is 8.52. The molecule has 0 aromatic heterocycles. The average Bonchev–Trinajstić information content (AvgIpc) is 3.23. The number of hydrogen-bond donors (Lipinski definition) is 0. The van der Waals surface area contributed by atoms with E-state index in [4.69, 9.17) is 4.74 Å². The number of aliphatic imine (C=N–C) groups is 1. The number of nitrogens with zero attached hydrogens (tertiary/aromatic N) is 4. The second-order valence-electron chi connectivity index (χ2n) is 6.73. The number of carbonyl (C=O) groups excluding carboxylic acids is 3. The van der Waals surface area contributed by atoms with Gasteiger partial charge in [-0.2, -0.15) is 0 Å². The van der Waals surface area contributed by atoms with Crippen LogP contribution >= 0.6 is 0 Å². The van der Waals surface area contributed by atoms with Crippen LogP contribution in [0.25, 0.3) is 0 Å². The van der Waals surface area contributed by atoms with Gasteiger partial charge >= 0.3 is 0 Å². The number of amides is 3. The molecule has 3 aliphatic heterocycles. The fraction of sp³-hybridized carbons (Fsp3) is 0.647. The molecule has 0 radical (unpaired) electrons. The van der Waals surface area contributed by atoms with Crippen LogP contribution in [0.2, 0.25) is 0 Å². The summed E-state index contributed by atoms with van der Waals surface area (Å²) in [6, 6.07) is 0. The van der Waals surface area contributed by atoms with Crippen molar-refractivity contribution < 1.29 is 19.1 Å². The quantitative estimate of drug-likeness (QED) is 0.442. The monoisotopic (exact) mass is 349 g/mol. The minimum absolute atomic E-state index is 0.0603. The summed E-state index contributed by atoms with van der Waals surface area (Å²) in [5.74, 6) is -0.198. The molecular formula is C17H24N4O4. The zero-order valence-electron chi connectivity index (χ0n) is 14.9. The molecule has 25 heavy (non-hydrogen) atoms. The van der Waals surface area contributed by atoms with Gasteiger partial charge in [-0.25, -0.2) is 4.99 Å². The molecule has 0 saturated carbocycles. The Kier molecular flexibility index (Phi) is 4.64. The summed E-state index contributed by atoms with van der Waals surface area (Å²) in [5.41, 5.74) is 0.0146. The van der Waals surface area contributed by atoms with Gasteiger partial charge in [0.1, 0.15) is 6.10 Å². The second kappa shape index (κ2) is 6.59. The van der Waals surface area contributed by atoms with Crippen molar-refractivity contribution in [2.24, 2.45) is 4.99 Å². The topological polar surface area (TPSA) is 85.8 Å². The highest BCUT2D eigenvalue weighted by Crippen LogP contribution is 2.42. The Hall–Kier alpha value is -2.22. The molecule has 3 amide bonds. The van der Waals surface area contributed by atoms with E-state index in [9.17, 15) is 14.4 Å². The first kappa shape index (κ1) is 17.6. The molecule has 3 aliphatic rings. The van der Waals surface area contributed by atoms with Crippen LogP contribution in [0.5, 0.6) is 0 Å². The van der Waals surface area contributed by atoms with Crippen molar-refractivity contribution >= 4 is 23.4 Å². The molecule has 2 unspecified atom stereocenters. The maximum absolute atomic E-state index is 12.0. The lowest BCUT2D eigenvalue weighted by atomic mass is 10.1.